The number of hydrogen-bond acceptors (Lipinski definition) is 16. The molecule has 1 aliphatic carbocycles. The topological polar surface area (TPSA) is 269 Å². The summed E-state index contributed by atoms with van der Waals surface area (Å²) in [5.41, 5.74) is 17.0. The molecule has 0 heterocycles. The zero-order valence-electron chi connectivity index (χ0n) is 52.1. The van der Waals surface area contributed by atoms with Crippen molar-refractivity contribution >= 4 is 122 Å². The quantitative estimate of drug-likeness (QED) is 0.0118. The van der Waals surface area contributed by atoms with Crippen molar-refractivity contribution < 1.29 is 62.4 Å². The molecule has 0 saturated carbocycles. The molecule has 0 atom stereocenters. The lowest BCUT2D eigenvalue weighted by Gasteiger charge is -2.20. The summed E-state index contributed by atoms with van der Waals surface area (Å²) in [6, 6.07) is 27.3. The first-order valence-corrected chi connectivity index (χ1v) is 31.6. The number of anilines is 1. The van der Waals surface area contributed by atoms with Gasteiger partial charge in [-0.1, -0.05) is 140 Å². The molecule has 0 bridgehead atoms. The number of halogens is 4. The van der Waals surface area contributed by atoms with Crippen molar-refractivity contribution in [2.75, 3.05) is 32.2 Å². The monoisotopic (exact) mass is 1470 g/mol. The van der Waals surface area contributed by atoms with Crippen LogP contribution in [0.25, 0.3) is 0 Å². The van der Waals surface area contributed by atoms with Crippen LogP contribution in [0.4, 0.5) is 17.1 Å². The highest BCUT2D eigenvalue weighted by molar-refractivity contribution is 9.11. The molecule has 0 unspecified atom stereocenters. The lowest BCUT2D eigenvalue weighted by atomic mass is 9.83. The van der Waals surface area contributed by atoms with E-state index < -0.39 is 40.5 Å². The van der Waals surface area contributed by atoms with Gasteiger partial charge in [-0.3, -0.25) is 44.2 Å². The van der Waals surface area contributed by atoms with E-state index in [1.807, 2.05) is 76.2 Å². The SMILES string of the molecule is CCOC(=O)C(C(=O)OCC)=C(C)Cc1ccc(CC)c(Br)c1.CCOC(=O)C(C(C)=O)C(=O)OCC.CCc1cc2c(cc1Br)CC(C)=C(C(C)=O)C2=O.CCc1ccc(N)cc1Br.CCc1ccc([N+](=O)[O-])cc1.CCc1ccc([N+](=O)[O-])cc1Br. The number of non-ortho nitro benzene ring substituents is 2. The first kappa shape index (κ1) is 79.0. The maximum atomic E-state index is 12.4. The molecule has 1 aliphatic rings. The van der Waals surface area contributed by atoms with Crippen molar-refractivity contribution in [3.05, 3.63) is 196 Å². The minimum Gasteiger partial charge on any atom is -0.465 e. The average Bonchev–Trinajstić information content (AvgIpc) is 1.46. The van der Waals surface area contributed by atoms with Crippen molar-refractivity contribution in [2.24, 2.45) is 5.92 Å². The number of nitro groups is 2. The normalized spacial score (nSPS) is 10.9. The van der Waals surface area contributed by atoms with Gasteiger partial charge >= 0.3 is 23.9 Å². The Morgan fingerprint density at radius 3 is 1.35 bits per heavy atom. The number of allylic oxidation sites excluding steroid dienone is 3. The Kier molecular flexibility index (Phi) is 37.0. The van der Waals surface area contributed by atoms with Gasteiger partial charge in [0.15, 0.2) is 17.3 Å². The fourth-order valence-corrected chi connectivity index (χ4v) is 10.9. The molecule has 0 fully saturated rings. The smallest absolute Gasteiger partial charge is 0.345 e. The van der Waals surface area contributed by atoms with Crippen molar-refractivity contribution in [2.45, 2.75) is 135 Å². The fraction of sp³-hybridized carbons (Fsp3) is 0.379. The minimum absolute atomic E-state index is 0.00982. The van der Waals surface area contributed by atoms with Crippen LogP contribution >= 0.6 is 63.7 Å². The van der Waals surface area contributed by atoms with E-state index in [4.69, 9.17) is 15.2 Å². The Hall–Kier alpha value is -7.01. The summed E-state index contributed by atoms with van der Waals surface area (Å²) in [5, 5.41) is 20.5. The van der Waals surface area contributed by atoms with E-state index in [1.54, 1.807) is 52.8 Å². The maximum Gasteiger partial charge on any atom is 0.345 e. The number of Topliss-reactive ketones (excluding diaryl/α,β-unsaturated/α-hetero) is 3. The molecule has 0 aliphatic heterocycles. The van der Waals surface area contributed by atoms with Crippen LogP contribution in [0.15, 0.2) is 131 Å². The fourth-order valence-electron chi connectivity index (χ4n) is 8.19. The number of fused-ring (bicyclic) bond motifs is 1. The highest BCUT2D eigenvalue weighted by atomic mass is 79.9. The second kappa shape index (κ2) is 41.3. The summed E-state index contributed by atoms with van der Waals surface area (Å²) < 4.78 is 23.1. The number of nitrogen functional groups attached to an aromatic ring is 1. The second-order valence-corrected chi connectivity index (χ2v) is 22.6. The first-order valence-electron chi connectivity index (χ1n) is 28.5. The number of nitrogens with zero attached hydrogens (tertiary/aromatic N) is 2. The van der Waals surface area contributed by atoms with Crippen LogP contribution in [0, 0.1) is 26.1 Å². The van der Waals surface area contributed by atoms with E-state index in [9.17, 15) is 53.8 Å². The molecular formula is C66H79Br4N3O15. The molecule has 0 spiro atoms. The molecule has 5 aromatic rings. The largest absolute Gasteiger partial charge is 0.465 e. The van der Waals surface area contributed by atoms with Crippen LogP contribution in [0.2, 0.25) is 0 Å². The summed E-state index contributed by atoms with van der Waals surface area (Å²) in [4.78, 5) is 101. The van der Waals surface area contributed by atoms with E-state index in [0.717, 1.165) is 96.0 Å². The van der Waals surface area contributed by atoms with Gasteiger partial charge in [0.1, 0.15) is 5.57 Å². The molecule has 5 aromatic carbocycles. The number of aryl methyl sites for hydroxylation is 5. The van der Waals surface area contributed by atoms with E-state index in [-0.39, 0.29) is 59.9 Å². The van der Waals surface area contributed by atoms with Crippen LogP contribution in [0.3, 0.4) is 0 Å². The first-order chi connectivity index (χ1) is 41.5. The number of esters is 4. The number of carbonyl (C=O) groups is 7. The Morgan fingerprint density at radius 1 is 0.534 bits per heavy atom. The van der Waals surface area contributed by atoms with Crippen molar-refractivity contribution in [1.82, 2.24) is 0 Å². The van der Waals surface area contributed by atoms with E-state index >= 15 is 0 Å². The molecule has 0 amide bonds. The lowest BCUT2D eigenvalue weighted by Crippen LogP contribution is -2.33. The predicted octanol–water partition coefficient (Wildman–Crippen LogP) is 15.6. The summed E-state index contributed by atoms with van der Waals surface area (Å²) in [5.74, 6) is -5.22. The second-order valence-electron chi connectivity index (χ2n) is 19.1. The van der Waals surface area contributed by atoms with Crippen LogP contribution in [0.5, 0.6) is 0 Å². The number of ether oxygens (including phenoxy) is 4. The zero-order valence-corrected chi connectivity index (χ0v) is 58.5. The molecule has 18 nitrogen and oxygen atoms in total. The highest BCUT2D eigenvalue weighted by Gasteiger charge is 2.34. The van der Waals surface area contributed by atoms with E-state index in [1.165, 1.54) is 42.3 Å². The molecule has 0 radical (unpaired) electrons. The molecule has 22 heteroatoms. The van der Waals surface area contributed by atoms with Crippen LogP contribution in [0.1, 0.15) is 139 Å². The Labute approximate surface area is 549 Å². The summed E-state index contributed by atoms with van der Waals surface area (Å²) in [6.07, 6.45) is 5.79. The molecule has 6 rings (SSSR count). The summed E-state index contributed by atoms with van der Waals surface area (Å²) in [7, 11) is 0. The van der Waals surface area contributed by atoms with Crippen molar-refractivity contribution in [3.63, 3.8) is 0 Å². The Bertz CT molecular complexity index is 3280. The van der Waals surface area contributed by atoms with Crippen molar-refractivity contribution in [3.8, 4) is 0 Å². The van der Waals surface area contributed by atoms with Gasteiger partial charge in [-0.25, -0.2) is 9.59 Å². The Balaban J connectivity index is 0.000000541. The number of ketones is 3. The van der Waals surface area contributed by atoms with Crippen LogP contribution < -0.4 is 5.73 Å². The van der Waals surface area contributed by atoms with Crippen LogP contribution in [-0.2, 0) is 92.7 Å². The number of benzene rings is 5. The maximum absolute atomic E-state index is 12.4. The third-order valence-electron chi connectivity index (χ3n) is 12.8. The number of carbonyl (C=O) groups excluding carboxylic acids is 7. The minimum atomic E-state index is -1.44. The lowest BCUT2D eigenvalue weighted by molar-refractivity contribution is -0.385. The van der Waals surface area contributed by atoms with Gasteiger partial charge in [-0.15, -0.1) is 0 Å². The summed E-state index contributed by atoms with van der Waals surface area (Å²) >= 11 is 13.8. The van der Waals surface area contributed by atoms with Gasteiger partial charge in [0.2, 0.25) is 5.92 Å². The number of nitrogens with two attached hydrogens (primary N) is 1. The third kappa shape index (κ3) is 26.0. The van der Waals surface area contributed by atoms with Gasteiger partial charge < -0.3 is 24.7 Å². The van der Waals surface area contributed by atoms with E-state index in [0.29, 0.717) is 29.6 Å². The number of rotatable bonds is 19. The van der Waals surface area contributed by atoms with Gasteiger partial charge in [-0.05, 0) is 175 Å². The van der Waals surface area contributed by atoms with Crippen molar-refractivity contribution in [1.29, 1.82) is 0 Å². The zero-order chi connectivity index (χ0) is 67.0. The standard InChI is InChI=1S/C18H23BrO4.C15H15BrO2.C9H14O5.C8H8BrNO2.C8H10BrN.C8H9NO2/c1-5-14-9-8-13(11-15(14)19)10-12(4)16(17(20)22-6-2)18(21)23-7-3;1-4-10-6-12-11(7-13(10)16)5-8(2)14(9(3)17)15(12)18;1-4-13-8(11)7(6(3)10)9(12)14-5-2;1-2-6-3-4-7(10(11)12)5-8(6)9;1-2-6-3-4-7(10)5-8(6)9;1-2-7-3-5-8(6-4-7)9(10)11/h8-9,11H,5-7,10H2,1-4H3;6-7H,4-5H2,1-3H3;7H,4-5H2,1-3H3;3-5H,2H2,1H3;3-5H,2,10H2,1H3;3-6H,2H2,1H3. The molecule has 0 aromatic heterocycles. The molecule has 2 N–H and O–H groups in total. The van der Waals surface area contributed by atoms with Gasteiger partial charge in [0.25, 0.3) is 11.4 Å². The molecule has 476 valence electrons. The van der Waals surface area contributed by atoms with Gasteiger partial charge in [-0.2, -0.15) is 0 Å². The molecule has 88 heavy (non-hydrogen) atoms. The average molecular weight is 1470 g/mol. The molecular weight excluding hydrogens is 1390 g/mol. The van der Waals surface area contributed by atoms with E-state index in [2.05, 4.69) is 87.0 Å². The van der Waals surface area contributed by atoms with Gasteiger partial charge in [0, 0.05) is 53.4 Å². The van der Waals surface area contributed by atoms with Crippen LogP contribution in [-0.4, -0.2) is 77.5 Å². The molecule has 0 saturated heterocycles. The summed E-state index contributed by atoms with van der Waals surface area (Å²) in [6.45, 7) is 23.8. The number of hydrogen-bond donors (Lipinski definition) is 1. The van der Waals surface area contributed by atoms with Gasteiger partial charge in [0.05, 0.1) is 41.8 Å². The Morgan fingerprint density at radius 2 is 0.955 bits per heavy atom. The number of nitro benzene ring substituents is 2. The highest BCUT2D eigenvalue weighted by Crippen LogP contribution is 2.32. The third-order valence-corrected chi connectivity index (χ3v) is 15.8. The predicted molar refractivity (Wildman–Crippen MR) is 356 cm³/mol.